The molecule has 0 aromatic carbocycles. The van der Waals surface area contributed by atoms with E-state index in [4.69, 9.17) is 4.74 Å². The first-order valence-corrected chi connectivity index (χ1v) is 8.01. The van der Waals surface area contributed by atoms with Crippen LogP contribution in [-0.2, 0) is 9.53 Å². The van der Waals surface area contributed by atoms with Gasteiger partial charge in [0.25, 0.3) is 0 Å². The van der Waals surface area contributed by atoms with E-state index < -0.39 is 5.54 Å². The predicted molar refractivity (Wildman–Crippen MR) is 79.7 cm³/mol. The van der Waals surface area contributed by atoms with Crippen molar-refractivity contribution in [3.63, 3.8) is 0 Å². The number of esters is 1. The van der Waals surface area contributed by atoms with Crippen LogP contribution in [-0.4, -0.2) is 45.6 Å². The second-order valence-corrected chi connectivity index (χ2v) is 5.76. The van der Waals surface area contributed by atoms with Gasteiger partial charge in [0.2, 0.25) is 0 Å². The number of rotatable bonds is 10. The molecule has 20 heavy (non-hydrogen) atoms. The molecule has 0 aliphatic rings. The Labute approximate surface area is 124 Å². The number of carbonyl (C=O) groups excluding carboxylic acids is 1. The molecule has 6 nitrogen and oxygen atoms in total. The van der Waals surface area contributed by atoms with Gasteiger partial charge in [-0.3, -0.25) is 9.89 Å². The molecule has 1 atom stereocenters. The minimum Gasteiger partial charge on any atom is -0.465 e. The Morgan fingerprint density at radius 1 is 1.50 bits per heavy atom. The number of thioether (sulfide) groups is 1. The third kappa shape index (κ3) is 5.50. The van der Waals surface area contributed by atoms with E-state index >= 15 is 0 Å². The van der Waals surface area contributed by atoms with E-state index in [9.17, 15) is 4.79 Å². The summed E-state index contributed by atoms with van der Waals surface area (Å²) in [7, 11) is 0. The van der Waals surface area contributed by atoms with Crippen molar-refractivity contribution in [2.24, 2.45) is 0 Å². The summed E-state index contributed by atoms with van der Waals surface area (Å²) < 4.78 is 5.15. The van der Waals surface area contributed by atoms with Crippen LogP contribution < -0.4 is 5.32 Å². The van der Waals surface area contributed by atoms with Crippen molar-refractivity contribution in [1.82, 2.24) is 20.5 Å². The van der Waals surface area contributed by atoms with Crippen LogP contribution >= 0.6 is 11.8 Å². The third-order valence-corrected chi connectivity index (χ3v) is 3.96. The number of H-pyrrole nitrogens is 1. The van der Waals surface area contributed by atoms with Gasteiger partial charge in [0, 0.05) is 5.75 Å². The van der Waals surface area contributed by atoms with E-state index in [1.807, 2.05) is 20.8 Å². The zero-order valence-corrected chi connectivity index (χ0v) is 13.3. The number of nitrogens with zero attached hydrogens (tertiary/aromatic N) is 2. The second-order valence-electron chi connectivity index (χ2n) is 4.68. The number of carbonyl (C=O) groups is 1. The van der Waals surface area contributed by atoms with Crippen LogP contribution in [0.25, 0.3) is 0 Å². The van der Waals surface area contributed by atoms with Crippen LogP contribution in [0.3, 0.4) is 0 Å². The van der Waals surface area contributed by atoms with Gasteiger partial charge in [-0.05, 0) is 33.2 Å². The van der Waals surface area contributed by atoms with Crippen LogP contribution in [0.2, 0.25) is 0 Å². The number of hydrogen-bond acceptors (Lipinski definition) is 6. The van der Waals surface area contributed by atoms with Gasteiger partial charge in [-0.1, -0.05) is 25.1 Å². The van der Waals surface area contributed by atoms with E-state index in [2.05, 4.69) is 20.5 Å². The first-order valence-electron chi connectivity index (χ1n) is 7.02. The van der Waals surface area contributed by atoms with E-state index in [0.717, 1.165) is 36.7 Å². The Bertz CT molecular complexity index is 386. The minimum atomic E-state index is -0.582. The highest BCUT2D eigenvalue weighted by atomic mass is 32.2. The molecule has 0 aliphatic carbocycles. The van der Waals surface area contributed by atoms with E-state index in [0.29, 0.717) is 6.61 Å². The normalized spacial score (nSPS) is 13.9. The molecule has 0 saturated heterocycles. The predicted octanol–water partition coefficient (Wildman–Crippen LogP) is 2.00. The molecule has 0 saturated carbocycles. The molecule has 0 radical (unpaired) electrons. The molecule has 0 aliphatic heterocycles. The maximum absolute atomic E-state index is 12.0. The Morgan fingerprint density at radius 3 is 2.90 bits per heavy atom. The van der Waals surface area contributed by atoms with Gasteiger partial charge in [0.15, 0.2) is 5.16 Å². The zero-order valence-electron chi connectivity index (χ0n) is 12.4. The second kappa shape index (κ2) is 8.97. The van der Waals surface area contributed by atoms with Crippen molar-refractivity contribution in [2.45, 2.75) is 50.7 Å². The quantitative estimate of drug-likeness (QED) is 0.391. The van der Waals surface area contributed by atoms with Gasteiger partial charge in [-0.2, -0.15) is 5.10 Å². The molecule has 2 N–H and O–H groups in total. The first-order chi connectivity index (χ1) is 9.62. The monoisotopic (exact) mass is 300 g/mol. The number of unbranched alkanes of at least 4 members (excludes halogenated alkanes) is 1. The fourth-order valence-electron chi connectivity index (χ4n) is 1.96. The lowest BCUT2D eigenvalue weighted by molar-refractivity contribution is -0.150. The van der Waals surface area contributed by atoms with E-state index in [1.54, 1.807) is 11.8 Å². The van der Waals surface area contributed by atoms with Crippen molar-refractivity contribution in [1.29, 1.82) is 0 Å². The molecule has 1 aromatic rings. The lowest BCUT2D eigenvalue weighted by Crippen LogP contribution is -2.50. The van der Waals surface area contributed by atoms with Crippen molar-refractivity contribution in [2.75, 3.05) is 18.9 Å². The summed E-state index contributed by atoms with van der Waals surface area (Å²) >= 11 is 1.64. The number of aromatic nitrogens is 3. The number of aromatic amines is 1. The minimum absolute atomic E-state index is 0.162. The third-order valence-electron chi connectivity index (χ3n) is 3.00. The van der Waals surface area contributed by atoms with Crippen LogP contribution in [0.5, 0.6) is 0 Å². The summed E-state index contributed by atoms with van der Waals surface area (Å²) in [6.07, 6.45) is 4.26. The molecule has 114 valence electrons. The van der Waals surface area contributed by atoms with Crippen molar-refractivity contribution in [3.05, 3.63) is 6.33 Å². The van der Waals surface area contributed by atoms with Gasteiger partial charge in [-0.25, -0.2) is 4.98 Å². The molecule has 0 spiro atoms. The highest BCUT2D eigenvalue weighted by Crippen LogP contribution is 2.19. The standard InChI is InChI=1S/C13H24N4O2S/c1-4-15-13(3,11(18)19-5-2)8-6-7-9-20-12-14-10-16-17-12/h10,15H,4-9H2,1-3H3,(H,14,16,17). The van der Waals surface area contributed by atoms with Crippen LogP contribution in [0.4, 0.5) is 0 Å². The largest absolute Gasteiger partial charge is 0.465 e. The maximum atomic E-state index is 12.0. The van der Waals surface area contributed by atoms with Crippen LogP contribution in [0.1, 0.15) is 40.0 Å². The van der Waals surface area contributed by atoms with Crippen LogP contribution in [0.15, 0.2) is 11.5 Å². The van der Waals surface area contributed by atoms with Gasteiger partial charge in [0.05, 0.1) is 6.61 Å². The fourth-order valence-corrected chi connectivity index (χ4v) is 2.74. The molecule has 7 heteroatoms. The smallest absolute Gasteiger partial charge is 0.326 e. The summed E-state index contributed by atoms with van der Waals surface area (Å²) in [4.78, 5) is 16.0. The van der Waals surface area contributed by atoms with Crippen molar-refractivity contribution < 1.29 is 9.53 Å². The van der Waals surface area contributed by atoms with E-state index in [-0.39, 0.29) is 5.97 Å². The summed E-state index contributed by atoms with van der Waals surface area (Å²) in [5.41, 5.74) is -0.582. The Hall–Kier alpha value is -1.08. The molecular formula is C13H24N4O2S. The summed E-state index contributed by atoms with van der Waals surface area (Å²) in [5.74, 6) is 0.796. The topological polar surface area (TPSA) is 79.9 Å². The SMILES string of the molecule is CCNC(C)(CCCCSc1ncn[nH]1)C(=O)OCC. The van der Waals surface area contributed by atoms with Crippen LogP contribution in [0, 0.1) is 0 Å². The van der Waals surface area contributed by atoms with Crippen molar-refractivity contribution >= 4 is 17.7 Å². The Balaban J connectivity index is 2.29. The van der Waals surface area contributed by atoms with Gasteiger partial charge in [-0.15, -0.1) is 0 Å². The number of likely N-dealkylation sites (N-methyl/N-ethyl adjacent to an activating group) is 1. The van der Waals surface area contributed by atoms with Gasteiger partial charge in [0.1, 0.15) is 11.9 Å². The number of nitrogens with one attached hydrogen (secondary N) is 2. The molecule has 1 heterocycles. The molecular weight excluding hydrogens is 276 g/mol. The molecule has 1 unspecified atom stereocenters. The Morgan fingerprint density at radius 2 is 2.30 bits per heavy atom. The maximum Gasteiger partial charge on any atom is 0.326 e. The first kappa shape index (κ1) is 17.0. The molecule has 0 bridgehead atoms. The summed E-state index contributed by atoms with van der Waals surface area (Å²) in [5, 5.41) is 10.7. The molecule has 0 fully saturated rings. The molecule has 1 aromatic heterocycles. The molecule has 1 rings (SSSR count). The van der Waals surface area contributed by atoms with E-state index in [1.165, 1.54) is 6.33 Å². The highest BCUT2D eigenvalue weighted by Gasteiger charge is 2.32. The average Bonchev–Trinajstić information content (AvgIpc) is 2.92. The summed E-state index contributed by atoms with van der Waals surface area (Å²) in [6, 6.07) is 0. The Kier molecular flexibility index (Phi) is 7.61. The lowest BCUT2D eigenvalue weighted by Gasteiger charge is -2.28. The molecule has 0 amide bonds. The fraction of sp³-hybridized carbons (Fsp3) is 0.769. The highest BCUT2D eigenvalue weighted by molar-refractivity contribution is 7.99. The van der Waals surface area contributed by atoms with Gasteiger partial charge < -0.3 is 10.1 Å². The lowest BCUT2D eigenvalue weighted by atomic mass is 9.95. The van der Waals surface area contributed by atoms with Crippen molar-refractivity contribution in [3.8, 4) is 0 Å². The van der Waals surface area contributed by atoms with Gasteiger partial charge >= 0.3 is 5.97 Å². The summed E-state index contributed by atoms with van der Waals surface area (Å²) in [6.45, 7) is 6.91. The average molecular weight is 300 g/mol. The zero-order chi connectivity index (χ0) is 14.8. The number of ether oxygens (including phenoxy) is 1. The number of hydrogen-bond donors (Lipinski definition) is 2.